The molecule has 1 fully saturated rings. The zero-order valence-electron chi connectivity index (χ0n) is 21.3. The van der Waals surface area contributed by atoms with Crippen molar-refractivity contribution >= 4 is 32.9 Å². The fourth-order valence-corrected chi connectivity index (χ4v) is 4.99. The zero-order chi connectivity index (χ0) is 28.9. The van der Waals surface area contributed by atoms with Gasteiger partial charge in [0.1, 0.15) is 11.4 Å². The van der Waals surface area contributed by atoms with E-state index in [1.165, 1.54) is 31.4 Å². The van der Waals surface area contributed by atoms with Gasteiger partial charge in [0, 0.05) is 17.1 Å². The monoisotopic (exact) mass is 610 g/mol. The molecule has 13 heteroatoms. The van der Waals surface area contributed by atoms with E-state index in [4.69, 9.17) is 9.47 Å². The first kappa shape index (κ1) is 28.4. The molecule has 4 rings (SSSR count). The molecule has 0 bridgehead atoms. The second-order valence-electron chi connectivity index (χ2n) is 10.0. The normalized spacial score (nSPS) is 17.8. The van der Waals surface area contributed by atoms with Crippen molar-refractivity contribution in [2.75, 3.05) is 13.7 Å². The number of fused-ring (bicyclic) bond motifs is 1. The molecule has 2 aromatic carbocycles. The van der Waals surface area contributed by atoms with Gasteiger partial charge in [-0.3, -0.25) is 14.3 Å². The average molecular weight is 611 g/mol. The van der Waals surface area contributed by atoms with Crippen LogP contribution in [0.25, 0.3) is 16.6 Å². The number of aromatic nitrogens is 2. The third-order valence-electron chi connectivity index (χ3n) is 6.17. The number of likely N-dealkylation sites (tertiary alicyclic amines) is 1. The van der Waals surface area contributed by atoms with Crippen molar-refractivity contribution in [3.63, 3.8) is 0 Å². The van der Waals surface area contributed by atoms with E-state index >= 15 is 0 Å². The van der Waals surface area contributed by atoms with Crippen molar-refractivity contribution in [2.24, 2.45) is 5.92 Å². The molecule has 8 nitrogen and oxygen atoms in total. The molecule has 3 aromatic rings. The van der Waals surface area contributed by atoms with Gasteiger partial charge in [-0.15, -0.1) is 0 Å². The minimum Gasteiger partial charge on any atom is -0.494 e. The summed E-state index contributed by atoms with van der Waals surface area (Å²) in [6.45, 7) is 4.00. The van der Waals surface area contributed by atoms with Crippen LogP contribution in [0.4, 0.5) is 22.4 Å². The lowest BCUT2D eigenvalue weighted by molar-refractivity contribution is -0.170. The Labute approximate surface area is 228 Å². The predicted molar refractivity (Wildman–Crippen MR) is 136 cm³/mol. The van der Waals surface area contributed by atoms with Gasteiger partial charge in [-0.2, -0.15) is 18.4 Å². The van der Waals surface area contributed by atoms with Gasteiger partial charge in [-0.05, 0) is 67.4 Å². The number of amides is 1. The molecular formula is C26H23BrF4N4O4. The molecule has 206 valence electrons. The number of benzene rings is 2. The highest BCUT2D eigenvalue weighted by atomic mass is 79.9. The second-order valence-corrected chi connectivity index (χ2v) is 10.9. The standard InChI is InChI=1S/C26H23BrF4N4O4/c1-25(2,3)39-24(37)34-12-14(26(29,30)31)9-19(34)22-33-21-16(7-13(11-32)8-17(21)27)23(36)35(22)15-5-6-20(38-4)18(28)10-15/h5-8,10,14,19H,9,12H2,1-4H3/t14-,19-/m0/s1. The lowest BCUT2D eigenvalue weighted by Gasteiger charge is -2.29. The number of nitriles is 1. The van der Waals surface area contributed by atoms with Crippen LogP contribution in [0.15, 0.2) is 39.6 Å². The number of hydrogen-bond donors (Lipinski definition) is 0. The highest BCUT2D eigenvalue weighted by molar-refractivity contribution is 9.10. The Morgan fingerprint density at radius 2 is 1.90 bits per heavy atom. The Hall–Kier alpha value is -3.66. The summed E-state index contributed by atoms with van der Waals surface area (Å²) in [5.41, 5.74) is -1.64. The molecule has 1 saturated heterocycles. The predicted octanol–water partition coefficient (Wildman–Crippen LogP) is 6.03. The Kier molecular flexibility index (Phi) is 7.37. The van der Waals surface area contributed by atoms with Gasteiger partial charge >= 0.3 is 12.3 Å². The van der Waals surface area contributed by atoms with Crippen LogP contribution in [0.3, 0.4) is 0 Å². The number of carbonyl (C=O) groups is 1. The van der Waals surface area contributed by atoms with Gasteiger partial charge in [-0.1, -0.05) is 0 Å². The van der Waals surface area contributed by atoms with Crippen LogP contribution in [-0.2, 0) is 4.74 Å². The first-order chi connectivity index (χ1) is 18.1. The molecule has 0 saturated carbocycles. The maximum Gasteiger partial charge on any atom is 0.410 e. The summed E-state index contributed by atoms with van der Waals surface area (Å²) in [5.74, 6) is -3.10. The Morgan fingerprint density at radius 3 is 2.46 bits per heavy atom. The van der Waals surface area contributed by atoms with Crippen LogP contribution in [0.2, 0.25) is 0 Å². The third-order valence-corrected chi connectivity index (χ3v) is 6.77. The Bertz CT molecular complexity index is 1560. The van der Waals surface area contributed by atoms with Crippen LogP contribution in [0, 0.1) is 23.1 Å². The fourth-order valence-electron chi connectivity index (χ4n) is 4.44. The molecule has 0 aliphatic carbocycles. The van der Waals surface area contributed by atoms with E-state index < -0.39 is 54.2 Å². The van der Waals surface area contributed by atoms with Gasteiger partial charge in [-0.25, -0.2) is 14.2 Å². The number of hydrogen-bond acceptors (Lipinski definition) is 6. The van der Waals surface area contributed by atoms with Gasteiger partial charge < -0.3 is 9.47 Å². The number of halogens is 5. The maximum atomic E-state index is 14.7. The van der Waals surface area contributed by atoms with Crippen LogP contribution < -0.4 is 10.3 Å². The number of alkyl halides is 3. The number of methoxy groups -OCH3 is 1. The number of nitrogens with zero attached hydrogens (tertiary/aromatic N) is 4. The molecule has 1 amide bonds. The maximum absolute atomic E-state index is 14.7. The van der Waals surface area contributed by atoms with Gasteiger partial charge in [0.05, 0.1) is 47.3 Å². The lowest BCUT2D eigenvalue weighted by Crippen LogP contribution is -2.39. The molecule has 1 aliphatic rings. The largest absolute Gasteiger partial charge is 0.494 e. The summed E-state index contributed by atoms with van der Waals surface area (Å²) in [7, 11) is 1.25. The summed E-state index contributed by atoms with van der Waals surface area (Å²) < 4.78 is 68.0. The topological polar surface area (TPSA) is 97.4 Å². The molecule has 2 atom stereocenters. The van der Waals surface area contributed by atoms with Crippen LogP contribution in [0.5, 0.6) is 5.75 Å². The number of rotatable bonds is 3. The molecule has 39 heavy (non-hydrogen) atoms. The summed E-state index contributed by atoms with van der Waals surface area (Å²) in [6.07, 6.45) is -6.27. The van der Waals surface area contributed by atoms with Crippen molar-refractivity contribution in [1.82, 2.24) is 14.5 Å². The SMILES string of the molecule is COc1ccc(-n2c([C@@H]3C[C@H](C(F)(F)F)CN3C(=O)OC(C)(C)C)nc3c(Br)cc(C#N)cc3c2=O)cc1F. The second kappa shape index (κ2) is 10.1. The quantitative estimate of drug-likeness (QED) is 0.336. The molecular weight excluding hydrogens is 588 g/mol. The molecule has 0 unspecified atom stereocenters. The minimum atomic E-state index is -4.65. The van der Waals surface area contributed by atoms with E-state index in [0.717, 1.165) is 15.5 Å². The van der Waals surface area contributed by atoms with E-state index in [2.05, 4.69) is 20.9 Å². The summed E-state index contributed by atoms with van der Waals surface area (Å²) in [6, 6.07) is 6.86. The molecule has 1 aliphatic heterocycles. The highest BCUT2D eigenvalue weighted by Crippen LogP contribution is 2.44. The third kappa shape index (κ3) is 5.56. The molecule has 2 heterocycles. The zero-order valence-corrected chi connectivity index (χ0v) is 22.9. The molecule has 0 N–H and O–H groups in total. The number of carbonyl (C=O) groups excluding carboxylic acids is 1. The molecule has 0 radical (unpaired) electrons. The number of ether oxygens (including phenoxy) is 2. The first-order valence-electron chi connectivity index (χ1n) is 11.7. The van der Waals surface area contributed by atoms with E-state index in [0.29, 0.717) is 0 Å². The van der Waals surface area contributed by atoms with E-state index in [9.17, 15) is 32.4 Å². The smallest absolute Gasteiger partial charge is 0.410 e. The summed E-state index contributed by atoms with van der Waals surface area (Å²) >= 11 is 3.28. The van der Waals surface area contributed by atoms with Crippen molar-refractivity contribution < 1.29 is 31.8 Å². The van der Waals surface area contributed by atoms with Gasteiger partial charge in [0.2, 0.25) is 0 Å². The highest BCUT2D eigenvalue weighted by Gasteiger charge is 2.51. The van der Waals surface area contributed by atoms with E-state index in [1.54, 1.807) is 20.8 Å². The van der Waals surface area contributed by atoms with Crippen LogP contribution in [-0.4, -0.2) is 46.0 Å². The minimum absolute atomic E-state index is 0.0323. The van der Waals surface area contributed by atoms with Crippen molar-refractivity contribution in [3.05, 3.63) is 62.4 Å². The van der Waals surface area contributed by atoms with Gasteiger partial charge in [0.15, 0.2) is 11.6 Å². The fraction of sp³-hybridized carbons (Fsp3) is 0.385. The summed E-state index contributed by atoms with van der Waals surface area (Å²) in [4.78, 5) is 32.4. The van der Waals surface area contributed by atoms with Crippen LogP contribution in [0.1, 0.15) is 44.6 Å². The Morgan fingerprint density at radius 1 is 1.21 bits per heavy atom. The Balaban J connectivity index is 2.03. The lowest BCUT2D eigenvalue weighted by atomic mass is 10.0. The van der Waals surface area contributed by atoms with Gasteiger partial charge in [0.25, 0.3) is 5.56 Å². The average Bonchev–Trinajstić information content (AvgIpc) is 3.29. The molecule has 0 spiro atoms. The van der Waals surface area contributed by atoms with Crippen molar-refractivity contribution in [2.45, 2.75) is 45.0 Å². The first-order valence-corrected chi connectivity index (χ1v) is 12.5. The molecule has 1 aromatic heterocycles. The van der Waals surface area contributed by atoms with Crippen molar-refractivity contribution in [3.8, 4) is 17.5 Å². The summed E-state index contributed by atoms with van der Waals surface area (Å²) in [5, 5.41) is 9.35. The van der Waals surface area contributed by atoms with Crippen molar-refractivity contribution in [1.29, 1.82) is 5.26 Å². The van der Waals surface area contributed by atoms with Crippen LogP contribution >= 0.6 is 15.9 Å². The van der Waals surface area contributed by atoms with E-state index in [-0.39, 0.29) is 38.2 Å². The van der Waals surface area contributed by atoms with E-state index in [1.807, 2.05) is 6.07 Å².